The molecule has 0 saturated heterocycles. The number of rotatable bonds is 5. The lowest BCUT2D eigenvalue weighted by Gasteiger charge is -2.16. The topological polar surface area (TPSA) is 47.3 Å². The van der Waals surface area contributed by atoms with Crippen molar-refractivity contribution in [2.75, 3.05) is 7.11 Å². The quantitative estimate of drug-likeness (QED) is 0.653. The molecule has 0 aliphatic rings. The van der Waals surface area contributed by atoms with Crippen LogP contribution >= 0.6 is 12.4 Å². The monoisotopic (exact) mass is 278 g/mol. The number of hydrogen-bond donors (Lipinski definition) is 2. The molecular formula is C15H19ClN2O. The van der Waals surface area contributed by atoms with Gasteiger partial charge in [-0.3, -0.25) is 11.3 Å². The summed E-state index contributed by atoms with van der Waals surface area (Å²) in [6.45, 7) is 0. The number of hydrazine groups is 1. The van der Waals surface area contributed by atoms with Crippen molar-refractivity contribution in [2.24, 2.45) is 5.84 Å². The predicted molar refractivity (Wildman–Crippen MR) is 80.5 cm³/mol. The first-order valence-electron chi connectivity index (χ1n) is 5.97. The maximum atomic E-state index is 5.63. The Balaban J connectivity index is 0.00000180. The van der Waals surface area contributed by atoms with Gasteiger partial charge in [0.25, 0.3) is 0 Å². The van der Waals surface area contributed by atoms with Gasteiger partial charge in [-0.15, -0.1) is 12.4 Å². The highest BCUT2D eigenvalue weighted by Crippen LogP contribution is 2.19. The summed E-state index contributed by atoms with van der Waals surface area (Å²) in [5.74, 6) is 6.51. The molecule has 19 heavy (non-hydrogen) atoms. The van der Waals surface area contributed by atoms with E-state index in [-0.39, 0.29) is 18.4 Å². The molecule has 0 heterocycles. The van der Waals surface area contributed by atoms with Crippen LogP contribution in [-0.4, -0.2) is 7.11 Å². The van der Waals surface area contributed by atoms with E-state index in [2.05, 4.69) is 29.7 Å². The fourth-order valence-corrected chi connectivity index (χ4v) is 1.96. The molecule has 0 aliphatic heterocycles. The lowest BCUT2D eigenvalue weighted by molar-refractivity contribution is 0.414. The van der Waals surface area contributed by atoms with E-state index < -0.39 is 0 Å². The lowest BCUT2D eigenvalue weighted by Crippen LogP contribution is -2.29. The smallest absolute Gasteiger partial charge is 0.118 e. The third-order valence-corrected chi connectivity index (χ3v) is 3.00. The van der Waals surface area contributed by atoms with Gasteiger partial charge in [0.2, 0.25) is 0 Å². The molecule has 3 nitrogen and oxygen atoms in total. The summed E-state index contributed by atoms with van der Waals surface area (Å²) in [6, 6.07) is 18.4. The van der Waals surface area contributed by atoms with Crippen LogP contribution in [-0.2, 0) is 6.42 Å². The summed E-state index contributed by atoms with van der Waals surface area (Å²) in [6.07, 6.45) is 0.852. The molecule has 2 aromatic carbocycles. The molecule has 0 saturated carbocycles. The van der Waals surface area contributed by atoms with Crippen molar-refractivity contribution < 1.29 is 4.74 Å². The third kappa shape index (κ3) is 4.24. The zero-order valence-electron chi connectivity index (χ0n) is 10.9. The largest absolute Gasteiger partial charge is 0.497 e. The molecule has 2 rings (SSSR count). The van der Waals surface area contributed by atoms with Gasteiger partial charge < -0.3 is 4.74 Å². The molecule has 3 N–H and O–H groups in total. The molecule has 0 aromatic heterocycles. The highest BCUT2D eigenvalue weighted by atomic mass is 35.5. The number of methoxy groups -OCH3 is 1. The number of nitrogens with two attached hydrogens (primary N) is 1. The molecule has 0 spiro atoms. The first kappa shape index (κ1) is 15.5. The Morgan fingerprint density at radius 3 is 2.21 bits per heavy atom. The second-order valence-electron chi connectivity index (χ2n) is 4.18. The average Bonchev–Trinajstić information content (AvgIpc) is 2.46. The van der Waals surface area contributed by atoms with Crippen molar-refractivity contribution in [2.45, 2.75) is 12.5 Å². The van der Waals surface area contributed by atoms with Gasteiger partial charge in [-0.25, -0.2) is 0 Å². The van der Waals surface area contributed by atoms with Crippen molar-refractivity contribution in [1.82, 2.24) is 5.43 Å². The van der Waals surface area contributed by atoms with Crippen LogP contribution in [0, 0.1) is 0 Å². The van der Waals surface area contributed by atoms with Crippen molar-refractivity contribution in [3.63, 3.8) is 0 Å². The Labute approximate surface area is 120 Å². The SMILES string of the molecule is COc1ccc(CC(NN)c2ccccc2)cc1.Cl. The molecule has 1 unspecified atom stereocenters. The van der Waals surface area contributed by atoms with Crippen LogP contribution in [0.5, 0.6) is 5.75 Å². The Hall–Kier alpha value is -1.55. The van der Waals surface area contributed by atoms with Gasteiger partial charge in [-0.2, -0.15) is 0 Å². The number of nitrogens with one attached hydrogen (secondary N) is 1. The first-order chi connectivity index (χ1) is 8.83. The summed E-state index contributed by atoms with van der Waals surface area (Å²) in [5, 5.41) is 0. The van der Waals surface area contributed by atoms with Crippen LogP contribution in [0.3, 0.4) is 0 Å². The minimum atomic E-state index is 0. The predicted octanol–water partition coefficient (Wildman–Crippen LogP) is 2.86. The van der Waals surface area contributed by atoms with Gasteiger partial charge in [-0.1, -0.05) is 42.5 Å². The summed E-state index contributed by atoms with van der Waals surface area (Å²) in [7, 11) is 1.67. The fourth-order valence-electron chi connectivity index (χ4n) is 1.96. The summed E-state index contributed by atoms with van der Waals surface area (Å²) >= 11 is 0. The van der Waals surface area contributed by atoms with E-state index in [9.17, 15) is 0 Å². The van der Waals surface area contributed by atoms with Gasteiger partial charge >= 0.3 is 0 Å². The minimum absolute atomic E-state index is 0. The molecule has 0 bridgehead atoms. The summed E-state index contributed by atoms with van der Waals surface area (Å²) in [4.78, 5) is 0. The van der Waals surface area contributed by atoms with E-state index in [1.54, 1.807) is 7.11 Å². The summed E-state index contributed by atoms with van der Waals surface area (Å²) < 4.78 is 5.14. The van der Waals surface area contributed by atoms with Crippen molar-refractivity contribution in [1.29, 1.82) is 0 Å². The van der Waals surface area contributed by atoms with Crippen LogP contribution in [0.15, 0.2) is 54.6 Å². The van der Waals surface area contributed by atoms with Crippen molar-refractivity contribution in [3.8, 4) is 5.75 Å². The van der Waals surface area contributed by atoms with Crippen LogP contribution in [0.2, 0.25) is 0 Å². The molecule has 0 fully saturated rings. The Morgan fingerprint density at radius 1 is 1.05 bits per heavy atom. The summed E-state index contributed by atoms with van der Waals surface area (Å²) in [5.41, 5.74) is 5.28. The molecular weight excluding hydrogens is 260 g/mol. The van der Waals surface area contributed by atoms with E-state index in [0.29, 0.717) is 0 Å². The normalized spacial score (nSPS) is 11.5. The van der Waals surface area contributed by atoms with E-state index in [1.807, 2.05) is 30.3 Å². The molecule has 0 aliphatic carbocycles. The molecule has 0 radical (unpaired) electrons. The molecule has 102 valence electrons. The maximum absolute atomic E-state index is 5.63. The van der Waals surface area contributed by atoms with E-state index in [4.69, 9.17) is 10.6 Å². The second-order valence-corrected chi connectivity index (χ2v) is 4.18. The van der Waals surface area contributed by atoms with E-state index in [0.717, 1.165) is 12.2 Å². The molecule has 0 amide bonds. The van der Waals surface area contributed by atoms with Gasteiger partial charge in [0.1, 0.15) is 5.75 Å². The fraction of sp³-hybridized carbons (Fsp3) is 0.200. The Kier molecular flexibility index (Phi) is 6.36. The second kappa shape index (κ2) is 7.79. The standard InChI is InChI=1S/C15H18N2O.ClH/c1-18-14-9-7-12(8-10-14)11-15(17-16)13-5-3-2-4-6-13;/h2-10,15,17H,11,16H2,1H3;1H. The van der Waals surface area contributed by atoms with Crippen LogP contribution in [0.4, 0.5) is 0 Å². The maximum Gasteiger partial charge on any atom is 0.118 e. The van der Waals surface area contributed by atoms with E-state index in [1.165, 1.54) is 11.1 Å². The lowest BCUT2D eigenvalue weighted by atomic mass is 9.99. The highest BCUT2D eigenvalue weighted by molar-refractivity contribution is 5.85. The first-order valence-corrected chi connectivity index (χ1v) is 5.97. The number of benzene rings is 2. The molecule has 4 heteroatoms. The molecule has 1 atom stereocenters. The van der Waals surface area contributed by atoms with Crippen molar-refractivity contribution in [3.05, 3.63) is 65.7 Å². The van der Waals surface area contributed by atoms with Crippen LogP contribution in [0.1, 0.15) is 17.2 Å². The van der Waals surface area contributed by atoms with Gasteiger partial charge in [0, 0.05) is 6.04 Å². The minimum Gasteiger partial charge on any atom is -0.497 e. The zero-order chi connectivity index (χ0) is 12.8. The average molecular weight is 279 g/mol. The highest BCUT2D eigenvalue weighted by Gasteiger charge is 2.09. The van der Waals surface area contributed by atoms with E-state index >= 15 is 0 Å². The molecule has 2 aromatic rings. The van der Waals surface area contributed by atoms with Gasteiger partial charge in [0.15, 0.2) is 0 Å². The third-order valence-electron chi connectivity index (χ3n) is 3.00. The Morgan fingerprint density at radius 2 is 1.68 bits per heavy atom. The van der Waals surface area contributed by atoms with Crippen LogP contribution in [0.25, 0.3) is 0 Å². The van der Waals surface area contributed by atoms with Crippen molar-refractivity contribution >= 4 is 12.4 Å². The number of ether oxygens (including phenoxy) is 1. The number of halogens is 1. The van der Waals surface area contributed by atoms with Crippen LogP contribution < -0.4 is 16.0 Å². The number of hydrogen-bond acceptors (Lipinski definition) is 3. The van der Waals surface area contributed by atoms with Gasteiger partial charge in [0.05, 0.1) is 7.11 Å². The van der Waals surface area contributed by atoms with Gasteiger partial charge in [-0.05, 0) is 29.7 Å². The Bertz CT molecular complexity index is 473. The zero-order valence-corrected chi connectivity index (χ0v) is 11.7.